The van der Waals surface area contributed by atoms with E-state index < -0.39 is 0 Å². The lowest BCUT2D eigenvalue weighted by Gasteiger charge is -2.17. The van der Waals surface area contributed by atoms with E-state index in [4.69, 9.17) is 0 Å². The Hall–Kier alpha value is -1.08. The fourth-order valence-corrected chi connectivity index (χ4v) is 2.73. The van der Waals surface area contributed by atoms with Crippen molar-refractivity contribution in [3.05, 3.63) is 71.8 Å². The van der Waals surface area contributed by atoms with Crippen LogP contribution in [0.25, 0.3) is 0 Å². The Morgan fingerprint density at radius 2 is 1.94 bits per heavy atom. The minimum atomic E-state index is 0.483. The largest absolute Gasteiger partial charge is 0.0928 e. The van der Waals surface area contributed by atoms with E-state index in [1.54, 1.807) is 0 Å². The van der Waals surface area contributed by atoms with E-state index in [1.165, 1.54) is 11.1 Å². The molecule has 2 unspecified atom stereocenters. The van der Waals surface area contributed by atoms with E-state index in [0.717, 1.165) is 11.8 Å². The molecule has 0 heterocycles. The molecule has 0 radical (unpaired) electrons. The second-order valence-corrected chi connectivity index (χ2v) is 5.50. The Kier molecular flexibility index (Phi) is 5.00. The lowest BCUT2D eigenvalue weighted by Crippen LogP contribution is -2.02. The third-order valence-electron chi connectivity index (χ3n) is 3.30. The predicted octanol–water partition coefficient (Wildman–Crippen LogP) is 5.24. The molecular weight excluding hydrogens is 284 g/mol. The van der Waals surface area contributed by atoms with Gasteiger partial charge < -0.3 is 0 Å². The van der Waals surface area contributed by atoms with Crippen LogP contribution in [0.2, 0.25) is 0 Å². The van der Waals surface area contributed by atoms with Crippen LogP contribution in [0.3, 0.4) is 0 Å². The average Bonchev–Trinajstić information content (AvgIpc) is 2.62. The first kappa shape index (κ1) is 13.4. The molecule has 0 saturated heterocycles. The van der Waals surface area contributed by atoms with Crippen molar-refractivity contribution >= 4 is 15.9 Å². The van der Waals surface area contributed by atoms with Gasteiger partial charge in [0.05, 0.1) is 0 Å². The van der Waals surface area contributed by atoms with Crippen LogP contribution in [0.15, 0.2) is 66.3 Å². The number of halogens is 1. The van der Waals surface area contributed by atoms with Gasteiger partial charge in [-0.3, -0.25) is 0 Å². The Balaban J connectivity index is 2.28. The van der Waals surface area contributed by atoms with E-state index in [0.29, 0.717) is 11.8 Å². The number of hydrogen-bond acceptors (Lipinski definition) is 0. The lowest BCUT2D eigenvalue weighted by molar-refractivity contribution is 0.787. The highest BCUT2D eigenvalue weighted by Crippen LogP contribution is 2.30. The molecule has 0 saturated carbocycles. The maximum absolute atomic E-state index is 3.58. The van der Waals surface area contributed by atoms with Gasteiger partial charge in [0.25, 0.3) is 0 Å². The Bertz CT molecular complexity index is 454. The molecule has 0 aliphatic heterocycles. The number of benzene rings is 1. The molecule has 2 atom stereocenters. The summed E-state index contributed by atoms with van der Waals surface area (Å²) in [5.74, 6) is 1.01. The first-order valence-electron chi connectivity index (χ1n) is 6.48. The van der Waals surface area contributed by atoms with Gasteiger partial charge in [-0.2, -0.15) is 0 Å². The molecule has 1 aromatic carbocycles. The third kappa shape index (κ3) is 3.46. The summed E-state index contributed by atoms with van der Waals surface area (Å²) in [7, 11) is 0. The summed E-state index contributed by atoms with van der Waals surface area (Å²) in [6.07, 6.45) is 12.4. The molecular formula is C17H19Br. The van der Waals surface area contributed by atoms with Crippen molar-refractivity contribution in [2.75, 3.05) is 5.33 Å². The highest BCUT2D eigenvalue weighted by atomic mass is 79.9. The highest BCUT2D eigenvalue weighted by Gasteiger charge is 2.14. The Morgan fingerprint density at radius 1 is 1.17 bits per heavy atom. The van der Waals surface area contributed by atoms with Crippen molar-refractivity contribution in [2.24, 2.45) is 5.92 Å². The number of alkyl halides is 1. The third-order valence-corrected chi connectivity index (χ3v) is 3.76. The molecule has 0 amide bonds. The molecule has 0 fully saturated rings. The second-order valence-electron chi connectivity index (χ2n) is 4.71. The van der Waals surface area contributed by atoms with Gasteiger partial charge >= 0.3 is 0 Å². The van der Waals surface area contributed by atoms with Gasteiger partial charge in [-0.25, -0.2) is 0 Å². The van der Waals surface area contributed by atoms with Crippen LogP contribution in [0.1, 0.15) is 24.8 Å². The zero-order chi connectivity index (χ0) is 12.8. The molecule has 0 spiro atoms. The molecule has 18 heavy (non-hydrogen) atoms. The number of allylic oxidation sites excluding steroid dienone is 6. The van der Waals surface area contributed by atoms with E-state index in [1.807, 2.05) is 0 Å². The fourth-order valence-electron chi connectivity index (χ4n) is 2.28. The van der Waals surface area contributed by atoms with Crippen molar-refractivity contribution in [2.45, 2.75) is 19.3 Å². The Labute approximate surface area is 118 Å². The summed E-state index contributed by atoms with van der Waals surface area (Å²) in [5, 5.41) is 1.02. The minimum Gasteiger partial charge on any atom is -0.0928 e. The van der Waals surface area contributed by atoms with Crippen LogP contribution in [-0.4, -0.2) is 5.33 Å². The maximum Gasteiger partial charge on any atom is 0.00971 e. The van der Waals surface area contributed by atoms with E-state index in [-0.39, 0.29) is 0 Å². The predicted molar refractivity (Wildman–Crippen MR) is 83.1 cm³/mol. The van der Waals surface area contributed by atoms with Gasteiger partial charge in [0.15, 0.2) is 0 Å². The molecule has 1 aromatic rings. The van der Waals surface area contributed by atoms with Gasteiger partial charge in [-0.15, -0.1) is 0 Å². The lowest BCUT2D eigenvalue weighted by atomic mass is 9.88. The SMILES string of the molecule is CC1C=CC=C(C(CCBr)c2ccccc2)C=C1. The summed E-state index contributed by atoms with van der Waals surface area (Å²) in [6.45, 7) is 2.21. The fraction of sp³-hybridized carbons (Fsp3) is 0.294. The summed E-state index contributed by atoms with van der Waals surface area (Å²) in [4.78, 5) is 0. The van der Waals surface area contributed by atoms with Crippen LogP contribution in [0, 0.1) is 5.92 Å². The second kappa shape index (κ2) is 6.75. The van der Waals surface area contributed by atoms with Crippen LogP contribution >= 0.6 is 15.9 Å². The van der Waals surface area contributed by atoms with Crippen molar-refractivity contribution in [3.8, 4) is 0 Å². The van der Waals surface area contributed by atoms with Crippen molar-refractivity contribution in [3.63, 3.8) is 0 Å². The van der Waals surface area contributed by atoms with Gasteiger partial charge in [-0.1, -0.05) is 83.6 Å². The van der Waals surface area contributed by atoms with Gasteiger partial charge in [-0.05, 0) is 23.5 Å². The van der Waals surface area contributed by atoms with Crippen LogP contribution in [0.5, 0.6) is 0 Å². The van der Waals surface area contributed by atoms with E-state index in [9.17, 15) is 0 Å². The van der Waals surface area contributed by atoms with Crippen LogP contribution in [-0.2, 0) is 0 Å². The highest BCUT2D eigenvalue weighted by molar-refractivity contribution is 9.09. The van der Waals surface area contributed by atoms with E-state index >= 15 is 0 Å². The van der Waals surface area contributed by atoms with Crippen molar-refractivity contribution in [1.82, 2.24) is 0 Å². The minimum absolute atomic E-state index is 0.483. The smallest absolute Gasteiger partial charge is 0.00971 e. The molecule has 1 aliphatic rings. The molecule has 0 N–H and O–H groups in total. The normalized spacial score (nSPS) is 20.3. The van der Waals surface area contributed by atoms with Crippen LogP contribution < -0.4 is 0 Å². The van der Waals surface area contributed by atoms with Gasteiger partial charge in [0.2, 0.25) is 0 Å². The molecule has 0 aromatic heterocycles. The summed E-state index contributed by atoms with van der Waals surface area (Å²) in [5.41, 5.74) is 2.80. The van der Waals surface area contributed by atoms with Crippen molar-refractivity contribution < 1.29 is 0 Å². The number of hydrogen-bond donors (Lipinski definition) is 0. The summed E-state index contributed by atoms with van der Waals surface area (Å²) < 4.78 is 0. The van der Waals surface area contributed by atoms with Crippen LogP contribution in [0.4, 0.5) is 0 Å². The average molecular weight is 303 g/mol. The Morgan fingerprint density at radius 3 is 2.67 bits per heavy atom. The summed E-state index contributed by atoms with van der Waals surface area (Å²) >= 11 is 3.58. The van der Waals surface area contributed by atoms with E-state index in [2.05, 4.69) is 83.6 Å². The van der Waals surface area contributed by atoms with Gasteiger partial charge in [0, 0.05) is 11.2 Å². The molecule has 0 nitrogen and oxygen atoms in total. The molecule has 1 aliphatic carbocycles. The molecule has 2 rings (SSSR count). The zero-order valence-corrected chi connectivity index (χ0v) is 12.3. The first-order chi connectivity index (χ1) is 8.81. The standard InChI is InChI=1S/C17H19Br/c1-14-6-5-9-16(11-10-14)17(12-13-18)15-7-3-2-4-8-15/h2-11,14,17H,12-13H2,1H3. The quantitative estimate of drug-likeness (QED) is 0.667. The molecule has 1 heteroatoms. The molecule has 0 bridgehead atoms. The maximum atomic E-state index is 3.58. The topological polar surface area (TPSA) is 0 Å². The molecule has 94 valence electrons. The van der Waals surface area contributed by atoms with Gasteiger partial charge in [0.1, 0.15) is 0 Å². The monoisotopic (exact) mass is 302 g/mol. The first-order valence-corrected chi connectivity index (χ1v) is 7.61. The number of rotatable bonds is 4. The zero-order valence-electron chi connectivity index (χ0n) is 10.7. The summed E-state index contributed by atoms with van der Waals surface area (Å²) in [6, 6.07) is 10.8. The van der Waals surface area contributed by atoms with Crippen molar-refractivity contribution in [1.29, 1.82) is 0 Å².